The van der Waals surface area contributed by atoms with E-state index in [-0.39, 0.29) is 17.4 Å². The van der Waals surface area contributed by atoms with Crippen LogP contribution in [0.2, 0.25) is 5.02 Å². The van der Waals surface area contributed by atoms with E-state index in [1.165, 1.54) is 13.1 Å². The molecule has 0 saturated heterocycles. The quantitative estimate of drug-likeness (QED) is 0.406. The number of rotatable bonds is 6. The van der Waals surface area contributed by atoms with Crippen molar-refractivity contribution in [2.45, 2.75) is 6.92 Å². The van der Waals surface area contributed by atoms with E-state index in [0.717, 1.165) is 16.8 Å². The van der Waals surface area contributed by atoms with Crippen molar-refractivity contribution in [3.8, 4) is 22.7 Å². The van der Waals surface area contributed by atoms with E-state index in [9.17, 15) is 9.59 Å². The Hall–Kier alpha value is -4.10. The van der Waals surface area contributed by atoms with Crippen molar-refractivity contribution in [1.29, 1.82) is 0 Å². The maximum absolute atomic E-state index is 13.4. The molecule has 2 N–H and O–H groups in total. The minimum Gasteiger partial charge on any atom is -0.497 e. The number of nitrogens with zero attached hydrogens (tertiary/aromatic N) is 2. The van der Waals surface area contributed by atoms with Crippen molar-refractivity contribution in [1.82, 2.24) is 15.1 Å². The largest absolute Gasteiger partial charge is 0.497 e. The van der Waals surface area contributed by atoms with Crippen molar-refractivity contribution in [3.63, 3.8) is 0 Å². The van der Waals surface area contributed by atoms with Gasteiger partial charge in [-0.1, -0.05) is 41.4 Å². The third-order valence-electron chi connectivity index (χ3n) is 5.30. The third-order valence-corrected chi connectivity index (χ3v) is 5.63. The van der Waals surface area contributed by atoms with Crippen molar-refractivity contribution >= 4 is 29.1 Å². The molecule has 0 bridgehead atoms. The predicted octanol–water partition coefficient (Wildman–Crippen LogP) is 5.12. The number of nitrogens with one attached hydrogen (secondary N) is 2. The number of carbonyl (C=O) groups excluding carboxylic acids is 2. The maximum atomic E-state index is 13.4. The number of anilines is 1. The molecule has 34 heavy (non-hydrogen) atoms. The van der Waals surface area contributed by atoms with Gasteiger partial charge in [0.25, 0.3) is 11.8 Å². The molecule has 3 aromatic carbocycles. The van der Waals surface area contributed by atoms with Gasteiger partial charge in [-0.25, -0.2) is 4.68 Å². The molecule has 0 atom stereocenters. The highest BCUT2D eigenvalue weighted by atomic mass is 35.5. The number of aryl methyl sites for hydroxylation is 1. The van der Waals surface area contributed by atoms with Crippen molar-refractivity contribution in [2.75, 3.05) is 19.5 Å². The van der Waals surface area contributed by atoms with Crippen LogP contribution in [0.4, 0.5) is 5.69 Å². The number of benzene rings is 3. The Morgan fingerprint density at radius 3 is 2.44 bits per heavy atom. The maximum Gasteiger partial charge on any atom is 0.259 e. The number of hydrogen-bond acceptors (Lipinski definition) is 4. The van der Waals surface area contributed by atoms with E-state index < -0.39 is 0 Å². The van der Waals surface area contributed by atoms with E-state index in [1.807, 2.05) is 55.5 Å². The summed E-state index contributed by atoms with van der Waals surface area (Å²) in [5, 5.41) is 10.4. The van der Waals surface area contributed by atoms with E-state index in [2.05, 4.69) is 10.6 Å². The Morgan fingerprint density at radius 2 is 1.74 bits per heavy atom. The van der Waals surface area contributed by atoms with Crippen LogP contribution < -0.4 is 15.4 Å². The molecule has 1 heterocycles. The zero-order valence-corrected chi connectivity index (χ0v) is 19.7. The normalized spacial score (nSPS) is 10.6. The van der Waals surface area contributed by atoms with Gasteiger partial charge in [0, 0.05) is 24.5 Å². The molecular formula is C26H23ClN4O3. The molecule has 0 spiro atoms. The monoisotopic (exact) mass is 474 g/mol. The van der Waals surface area contributed by atoms with Gasteiger partial charge in [-0.05, 0) is 49.4 Å². The van der Waals surface area contributed by atoms with Gasteiger partial charge >= 0.3 is 0 Å². The topological polar surface area (TPSA) is 85.3 Å². The van der Waals surface area contributed by atoms with Crippen LogP contribution in [0.3, 0.4) is 0 Å². The van der Waals surface area contributed by atoms with Crippen molar-refractivity contribution in [2.24, 2.45) is 0 Å². The lowest BCUT2D eigenvalue weighted by atomic mass is 10.1. The standard InChI is InChI=1S/C26H23ClN4O3/c1-16-7-10-19(11-8-16)31-15-22(24(30-31)17-5-4-6-20(13-17)34-3)26(33)29-18-9-12-23(27)21(14-18)25(32)28-2/h4-15H,1-3H3,(H,28,32)(H,29,33). The molecule has 0 aliphatic heterocycles. The fourth-order valence-electron chi connectivity index (χ4n) is 3.46. The Labute approximate surface area is 202 Å². The molecule has 0 radical (unpaired) electrons. The van der Waals surface area contributed by atoms with Gasteiger partial charge in [-0.2, -0.15) is 5.10 Å². The van der Waals surface area contributed by atoms with Gasteiger partial charge in [0.05, 0.1) is 28.9 Å². The summed E-state index contributed by atoms with van der Waals surface area (Å²) >= 11 is 6.14. The van der Waals surface area contributed by atoms with Gasteiger partial charge in [-0.15, -0.1) is 0 Å². The molecule has 8 heteroatoms. The summed E-state index contributed by atoms with van der Waals surface area (Å²) < 4.78 is 7.02. The average molecular weight is 475 g/mol. The van der Waals surface area contributed by atoms with Crippen molar-refractivity contribution in [3.05, 3.63) is 94.6 Å². The predicted molar refractivity (Wildman–Crippen MR) is 133 cm³/mol. The summed E-state index contributed by atoms with van der Waals surface area (Å²) in [7, 11) is 3.10. The summed E-state index contributed by atoms with van der Waals surface area (Å²) in [4.78, 5) is 25.5. The first kappa shape index (κ1) is 23.1. The Bertz CT molecular complexity index is 1360. The van der Waals surface area contributed by atoms with Gasteiger partial charge < -0.3 is 15.4 Å². The summed E-state index contributed by atoms with van der Waals surface area (Å²) in [6.45, 7) is 2.01. The highest BCUT2D eigenvalue weighted by Gasteiger charge is 2.20. The second-order valence-corrected chi connectivity index (χ2v) is 8.04. The average Bonchev–Trinajstić information content (AvgIpc) is 3.31. The first-order chi connectivity index (χ1) is 16.4. The van der Waals surface area contributed by atoms with Crippen LogP contribution >= 0.6 is 11.6 Å². The minimum atomic E-state index is -0.374. The molecule has 0 aliphatic rings. The summed E-state index contributed by atoms with van der Waals surface area (Å²) in [6.07, 6.45) is 1.68. The molecule has 7 nitrogen and oxygen atoms in total. The van der Waals surface area contributed by atoms with Gasteiger partial charge in [0.1, 0.15) is 11.4 Å². The molecule has 4 rings (SSSR count). The number of amides is 2. The van der Waals surface area contributed by atoms with Crippen LogP contribution in [-0.4, -0.2) is 35.8 Å². The van der Waals surface area contributed by atoms with E-state index >= 15 is 0 Å². The molecule has 0 aliphatic carbocycles. The van der Waals surface area contributed by atoms with Gasteiger partial charge in [0.15, 0.2) is 0 Å². The number of carbonyl (C=O) groups is 2. The zero-order chi connectivity index (χ0) is 24.2. The molecule has 172 valence electrons. The highest BCUT2D eigenvalue weighted by molar-refractivity contribution is 6.34. The van der Waals surface area contributed by atoms with Crippen LogP contribution in [0.25, 0.3) is 16.9 Å². The number of aromatic nitrogens is 2. The summed E-state index contributed by atoms with van der Waals surface area (Å²) in [5.74, 6) is -0.0617. The fourth-order valence-corrected chi connectivity index (χ4v) is 3.67. The number of ether oxygens (including phenoxy) is 1. The second kappa shape index (κ2) is 9.80. The number of halogens is 1. The van der Waals surface area contributed by atoms with Crippen LogP contribution in [0.5, 0.6) is 5.75 Å². The van der Waals surface area contributed by atoms with Crippen LogP contribution in [0.1, 0.15) is 26.3 Å². The lowest BCUT2D eigenvalue weighted by Crippen LogP contribution is -2.19. The molecule has 1 aromatic heterocycles. The van der Waals surface area contributed by atoms with E-state index in [0.29, 0.717) is 27.7 Å². The highest BCUT2D eigenvalue weighted by Crippen LogP contribution is 2.28. The lowest BCUT2D eigenvalue weighted by molar-refractivity contribution is 0.0961. The van der Waals surface area contributed by atoms with Gasteiger partial charge in [0.2, 0.25) is 0 Å². The Morgan fingerprint density at radius 1 is 0.971 bits per heavy atom. The smallest absolute Gasteiger partial charge is 0.259 e. The second-order valence-electron chi connectivity index (χ2n) is 7.63. The molecule has 0 fully saturated rings. The molecule has 0 unspecified atom stereocenters. The first-order valence-electron chi connectivity index (χ1n) is 10.5. The Balaban J connectivity index is 1.75. The third kappa shape index (κ3) is 4.79. The van der Waals surface area contributed by atoms with E-state index in [1.54, 1.807) is 30.1 Å². The lowest BCUT2D eigenvalue weighted by Gasteiger charge is -2.09. The van der Waals surface area contributed by atoms with Crippen LogP contribution in [0.15, 0.2) is 72.9 Å². The Kier molecular flexibility index (Phi) is 6.65. The molecule has 0 saturated carbocycles. The summed E-state index contributed by atoms with van der Waals surface area (Å²) in [6, 6.07) is 20.0. The van der Waals surface area contributed by atoms with Crippen molar-refractivity contribution < 1.29 is 14.3 Å². The van der Waals surface area contributed by atoms with Crippen LogP contribution in [0, 0.1) is 6.92 Å². The summed E-state index contributed by atoms with van der Waals surface area (Å²) in [5.41, 5.74) is 4.25. The van der Waals surface area contributed by atoms with E-state index in [4.69, 9.17) is 21.4 Å². The SMILES string of the molecule is CNC(=O)c1cc(NC(=O)c2cn(-c3ccc(C)cc3)nc2-c2cccc(OC)c2)ccc1Cl. The number of hydrogen-bond donors (Lipinski definition) is 2. The van der Waals surface area contributed by atoms with Gasteiger partial charge in [-0.3, -0.25) is 9.59 Å². The molecular weight excluding hydrogens is 452 g/mol. The first-order valence-corrected chi connectivity index (χ1v) is 10.9. The fraction of sp³-hybridized carbons (Fsp3) is 0.115. The van der Waals surface area contributed by atoms with Crippen LogP contribution in [-0.2, 0) is 0 Å². The minimum absolute atomic E-state index is 0.269. The zero-order valence-electron chi connectivity index (χ0n) is 18.9. The number of methoxy groups -OCH3 is 1. The molecule has 2 amide bonds. The molecule has 4 aromatic rings.